The fraction of sp³-hybridized carbons (Fsp3) is 0.421. The summed E-state index contributed by atoms with van der Waals surface area (Å²) in [4.78, 5) is 14.8. The molecule has 0 aliphatic carbocycles. The van der Waals surface area contributed by atoms with Crippen LogP contribution >= 0.6 is 0 Å². The van der Waals surface area contributed by atoms with Gasteiger partial charge in [-0.25, -0.2) is 4.39 Å². The van der Waals surface area contributed by atoms with Crippen molar-refractivity contribution in [2.24, 2.45) is 0 Å². The maximum atomic E-state index is 14.2. The van der Waals surface area contributed by atoms with E-state index < -0.39 is 0 Å². The van der Waals surface area contributed by atoms with Crippen LogP contribution in [0.1, 0.15) is 35.6 Å². The smallest absolute Gasteiger partial charge is 0.255 e. The van der Waals surface area contributed by atoms with Crippen LogP contribution in [0, 0.1) is 19.7 Å². The predicted octanol–water partition coefficient (Wildman–Crippen LogP) is 3.48. The molecule has 0 bridgehead atoms. The van der Waals surface area contributed by atoms with Gasteiger partial charge in [0.25, 0.3) is 5.91 Å². The average molecular weight is 330 g/mol. The lowest BCUT2D eigenvalue weighted by Gasteiger charge is -2.35. The van der Waals surface area contributed by atoms with Crippen molar-refractivity contribution in [1.29, 1.82) is 0 Å². The first-order chi connectivity index (χ1) is 11.4. The van der Waals surface area contributed by atoms with Crippen LogP contribution in [-0.2, 0) is 4.74 Å². The van der Waals surface area contributed by atoms with Crippen LogP contribution in [0.5, 0.6) is 0 Å². The molecule has 1 saturated heterocycles. The van der Waals surface area contributed by atoms with E-state index >= 15 is 0 Å². The Morgan fingerprint density at radius 2 is 1.79 bits per heavy atom. The van der Waals surface area contributed by atoms with E-state index in [2.05, 4.69) is 0 Å². The fourth-order valence-electron chi connectivity index (χ4n) is 3.50. The second-order valence-corrected chi connectivity index (χ2v) is 6.54. The lowest BCUT2D eigenvalue weighted by atomic mass is 10.1. The van der Waals surface area contributed by atoms with Crippen LogP contribution in [0.15, 0.2) is 30.3 Å². The average Bonchev–Trinajstić information content (AvgIpc) is 2.81. The number of hydrogen-bond acceptors (Lipinski definition) is 2. The van der Waals surface area contributed by atoms with Gasteiger partial charge >= 0.3 is 0 Å². The molecule has 0 saturated carbocycles. The van der Waals surface area contributed by atoms with Gasteiger partial charge in [0.15, 0.2) is 0 Å². The highest BCUT2D eigenvalue weighted by molar-refractivity contribution is 5.96. The number of aromatic nitrogens is 1. The number of morpholine rings is 1. The third-order valence-electron chi connectivity index (χ3n) is 4.46. The topological polar surface area (TPSA) is 34.5 Å². The van der Waals surface area contributed by atoms with Gasteiger partial charge in [0.2, 0.25) is 0 Å². The Morgan fingerprint density at radius 3 is 2.42 bits per heavy atom. The summed E-state index contributed by atoms with van der Waals surface area (Å²) < 4.78 is 21.7. The van der Waals surface area contributed by atoms with Gasteiger partial charge in [-0.3, -0.25) is 4.79 Å². The van der Waals surface area contributed by atoms with Crippen LogP contribution in [0.3, 0.4) is 0 Å². The molecule has 2 unspecified atom stereocenters. The molecule has 1 aromatic carbocycles. The molecule has 4 nitrogen and oxygen atoms in total. The fourth-order valence-corrected chi connectivity index (χ4v) is 3.50. The van der Waals surface area contributed by atoms with Crippen LogP contribution in [0.4, 0.5) is 4.39 Å². The molecule has 2 aromatic rings. The number of carbonyl (C=O) groups excluding carboxylic acids is 1. The molecule has 1 amide bonds. The molecule has 24 heavy (non-hydrogen) atoms. The highest BCUT2D eigenvalue weighted by atomic mass is 19.1. The zero-order valence-electron chi connectivity index (χ0n) is 14.5. The van der Waals surface area contributed by atoms with Crippen molar-refractivity contribution in [3.05, 3.63) is 53.1 Å². The Morgan fingerprint density at radius 1 is 1.17 bits per heavy atom. The molecule has 2 atom stereocenters. The monoisotopic (exact) mass is 330 g/mol. The van der Waals surface area contributed by atoms with Gasteiger partial charge in [0.1, 0.15) is 5.82 Å². The molecule has 0 N–H and O–H groups in total. The van der Waals surface area contributed by atoms with Crippen molar-refractivity contribution in [2.45, 2.75) is 39.9 Å². The van der Waals surface area contributed by atoms with Crippen LogP contribution in [0.25, 0.3) is 5.69 Å². The lowest BCUT2D eigenvalue weighted by molar-refractivity contribution is -0.0586. The van der Waals surface area contributed by atoms with E-state index in [-0.39, 0.29) is 23.9 Å². The molecule has 3 rings (SSSR count). The maximum absolute atomic E-state index is 14.2. The first-order valence-corrected chi connectivity index (χ1v) is 8.27. The molecule has 2 heterocycles. The van der Waals surface area contributed by atoms with E-state index in [4.69, 9.17) is 4.74 Å². The van der Waals surface area contributed by atoms with Gasteiger partial charge < -0.3 is 14.2 Å². The van der Waals surface area contributed by atoms with Gasteiger partial charge in [-0.1, -0.05) is 12.1 Å². The highest BCUT2D eigenvalue weighted by Crippen LogP contribution is 2.25. The number of nitrogens with zero attached hydrogens (tertiary/aromatic N) is 2. The standard InChI is InChI=1S/C19H23FN2O2/c1-12-9-16(19(23)21-10-13(2)24-14(3)11-21)15(4)22(12)18-8-6-5-7-17(18)20/h5-9,13-14H,10-11H2,1-4H3. The van der Waals surface area contributed by atoms with Crippen molar-refractivity contribution in [2.75, 3.05) is 13.1 Å². The molecule has 1 aliphatic heterocycles. The summed E-state index contributed by atoms with van der Waals surface area (Å²) in [5.41, 5.74) is 2.69. The van der Waals surface area contributed by atoms with Crippen LogP contribution in [-0.4, -0.2) is 40.7 Å². The van der Waals surface area contributed by atoms with Gasteiger partial charge in [-0.2, -0.15) is 0 Å². The van der Waals surface area contributed by atoms with E-state index in [0.29, 0.717) is 24.3 Å². The Balaban J connectivity index is 1.97. The molecule has 1 aromatic heterocycles. The number of carbonyl (C=O) groups is 1. The Kier molecular flexibility index (Phi) is 4.45. The Labute approximate surface area is 141 Å². The number of aryl methyl sites for hydroxylation is 1. The van der Waals surface area contributed by atoms with Gasteiger partial charge in [-0.15, -0.1) is 0 Å². The van der Waals surface area contributed by atoms with Crippen molar-refractivity contribution in [3.8, 4) is 5.69 Å². The summed E-state index contributed by atoms with van der Waals surface area (Å²) in [6, 6.07) is 8.46. The Bertz CT molecular complexity index is 759. The summed E-state index contributed by atoms with van der Waals surface area (Å²) in [6.07, 6.45) is 0.0421. The van der Waals surface area contributed by atoms with E-state index in [0.717, 1.165) is 11.4 Å². The van der Waals surface area contributed by atoms with Crippen LogP contribution in [0.2, 0.25) is 0 Å². The third kappa shape index (κ3) is 2.96. The maximum Gasteiger partial charge on any atom is 0.255 e. The number of halogens is 1. The first kappa shape index (κ1) is 16.7. The van der Waals surface area contributed by atoms with Gasteiger partial charge in [-0.05, 0) is 45.9 Å². The summed E-state index contributed by atoms with van der Waals surface area (Å²) in [6.45, 7) is 8.84. The molecule has 1 fully saturated rings. The van der Waals surface area contributed by atoms with Crippen molar-refractivity contribution < 1.29 is 13.9 Å². The summed E-state index contributed by atoms with van der Waals surface area (Å²) in [7, 11) is 0. The second kappa shape index (κ2) is 6.40. The third-order valence-corrected chi connectivity index (χ3v) is 4.46. The number of para-hydroxylation sites is 1. The van der Waals surface area contributed by atoms with Crippen molar-refractivity contribution in [1.82, 2.24) is 9.47 Å². The van der Waals surface area contributed by atoms with Gasteiger partial charge in [0.05, 0.1) is 23.5 Å². The quantitative estimate of drug-likeness (QED) is 0.845. The molecule has 5 heteroatoms. The summed E-state index contributed by atoms with van der Waals surface area (Å²) in [5, 5.41) is 0. The molecule has 0 radical (unpaired) electrons. The van der Waals surface area contributed by atoms with Crippen molar-refractivity contribution in [3.63, 3.8) is 0 Å². The molecular formula is C19H23FN2O2. The first-order valence-electron chi connectivity index (χ1n) is 8.27. The minimum atomic E-state index is -0.299. The Hall–Kier alpha value is -2.14. The number of hydrogen-bond donors (Lipinski definition) is 0. The molecular weight excluding hydrogens is 307 g/mol. The van der Waals surface area contributed by atoms with E-state index in [1.807, 2.05) is 38.7 Å². The highest BCUT2D eigenvalue weighted by Gasteiger charge is 2.29. The predicted molar refractivity (Wildman–Crippen MR) is 91.1 cm³/mol. The minimum Gasteiger partial charge on any atom is -0.372 e. The zero-order valence-corrected chi connectivity index (χ0v) is 14.5. The minimum absolute atomic E-state index is 0.0207. The van der Waals surface area contributed by atoms with E-state index in [1.165, 1.54) is 6.07 Å². The second-order valence-electron chi connectivity index (χ2n) is 6.54. The largest absolute Gasteiger partial charge is 0.372 e. The molecule has 1 aliphatic rings. The van der Waals surface area contributed by atoms with Crippen molar-refractivity contribution >= 4 is 5.91 Å². The van der Waals surface area contributed by atoms with Crippen LogP contribution < -0.4 is 0 Å². The van der Waals surface area contributed by atoms with E-state index in [9.17, 15) is 9.18 Å². The van der Waals surface area contributed by atoms with E-state index in [1.54, 1.807) is 22.8 Å². The molecule has 128 valence electrons. The SMILES string of the molecule is Cc1cc(C(=O)N2CC(C)OC(C)C2)c(C)n1-c1ccccc1F. The summed E-state index contributed by atoms with van der Waals surface area (Å²) in [5.74, 6) is -0.320. The van der Waals surface area contributed by atoms with Gasteiger partial charge in [0, 0.05) is 24.5 Å². The number of ether oxygens (including phenoxy) is 1. The lowest BCUT2D eigenvalue weighted by Crippen LogP contribution is -2.48. The number of rotatable bonds is 2. The molecule has 0 spiro atoms. The normalized spacial score (nSPS) is 21.1. The number of amides is 1. The number of benzene rings is 1. The summed E-state index contributed by atoms with van der Waals surface area (Å²) >= 11 is 0. The zero-order chi connectivity index (χ0) is 17.4.